The van der Waals surface area contributed by atoms with Gasteiger partial charge in [-0.1, -0.05) is 44.5 Å². The maximum absolute atomic E-state index is 13.3. The van der Waals surface area contributed by atoms with Gasteiger partial charge < -0.3 is 4.90 Å². The summed E-state index contributed by atoms with van der Waals surface area (Å²) >= 11 is 5.93. The van der Waals surface area contributed by atoms with Crippen molar-refractivity contribution in [2.75, 3.05) is 19.0 Å². The fourth-order valence-electron chi connectivity index (χ4n) is 3.20. The van der Waals surface area contributed by atoms with E-state index >= 15 is 0 Å². The Hall–Kier alpha value is -2.05. The lowest BCUT2D eigenvalue weighted by molar-refractivity contribution is 0.203. The molecule has 1 aliphatic rings. The van der Waals surface area contributed by atoms with Gasteiger partial charge in [0, 0.05) is 31.2 Å². The number of benzene rings is 2. The largest absolute Gasteiger partial charge is 0.378 e. The van der Waals surface area contributed by atoms with Crippen molar-refractivity contribution in [3.8, 4) is 0 Å². The van der Waals surface area contributed by atoms with Gasteiger partial charge in [0.25, 0.3) is 10.0 Å². The van der Waals surface area contributed by atoms with E-state index in [1.165, 1.54) is 16.5 Å². The number of nitrogens with zero attached hydrogens (tertiary/aromatic N) is 3. The minimum atomic E-state index is -3.78. The number of hydrazone groups is 1. The number of sulfonamides is 1. The zero-order valence-electron chi connectivity index (χ0n) is 16.8. The Kier molecular flexibility index (Phi) is 5.47. The first kappa shape index (κ1) is 20.7. The van der Waals surface area contributed by atoms with Gasteiger partial charge >= 0.3 is 0 Å². The van der Waals surface area contributed by atoms with E-state index < -0.39 is 10.0 Å². The predicted molar refractivity (Wildman–Crippen MR) is 116 cm³/mol. The maximum atomic E-state index is 13.3. The Balaban J connectivity index is 2.06. The van der Waals surface area contributed by atoms with E-state index in [0.29, 0.717) is 11.4 Å². The van der Waals surface area contributed by atoms with Crippen molar-refractivity contribution in [3.05, 3.63) is 59.1 Å². The highest BCUT2D eigenvalue weighted by Gasteiger charge is 2.42. The van der Waals surface area contributed by atoms with E-state index in [1.807, 2.05) is 64.0 Å². The molecule has 2 aromatic rings. The van der Waals surface area contributed by atoms with Gasteiger partial charge in [-0.25, -0.2) is 0 Å². The van der Waals surface area contributed by atoms with Crippen molar-refractivity contribution >= 4 is 33.0 Å². The molecule has 0 amide bonds. The molecule has 0 radical (unpaired) electrons. The van der Waals surface area contributed by atoms with Crippen LogP contribution in [0.25, 0.3) is 0 Å². The van der Waals surface area contributed by atoms with E-state index in [-0.39, 0.29) is 16.4 Å². The molecule has 0 aliphatic carbocycles. The lowest BCUT2D eigenvalue weighted by atomic mass is 9.84. The van der Waals surface area contributed by atoms with Crippen LogP contribution in [0.4, 0.5) is 5.69 Å². The second-order valence-corrected chi connectivity index (χ2v) is 10.5. The second kappa shape index (κ2) is 7.41. The zero-order valence-corrected chi connectivity index (χ0v) is 18.4. The molecular weight excluding hydrogens is 394 g/mol. The van der Waals surface area contributed by atoms with Gasteiger partial charge in [-0.3, -0.25) is 0 Å². The van der Waals surface area contributed by atoms with Crippen LogP contribution in [0, 0.1) is 5.41 Å². The number of rotatable bonds is 4. The van der Waals surface area contributed by atoms with Crippen LogP contribution in [0.1, 0.15) is 32.8 Å². The molecule has 0 aromatic heterocycles. The van der Waals surface area contributed by atoms with Gasteiger partial charge in [0.2, 0.25) is 0 Å². The van der Waals surface area contributed by atoms with E-state index in [9.17, 15) is 8.42 Å². The van der Waals surface area contributed by atoms with Crippen molar-refractivity contribution in [1.82, 2.24) is 4.41 Å². The van der Waals surface area contributed by atoms with Crippen LogP contribution < -0.4 is 4.90 Å². The first-order chi connectivity index (χ1) is 13.0. The third kappa shape index (κ3) is 4.03. The molecule has 28 heavy (non-hydrogen) atoms. The molecule has 1 heterocycles. The van der Waals surface area contributed by atoms with Crippen LogP contribution in [-0.4, -0.2) is 38.7 Å². The van der Waals surface area contributed by atoms with Crippen LogP contribution in [0.2, 0.25) is 5.02 Å². The SMILES string of the molecule is CN(C)c1cccc(C2=NN(S(=O)(=O)c3ccc(Cl)cc3)[C@@H](C(C)(C)C)C2)c1. The number of hydrogen-bond acceptors (Lipinski definition) is 4. The van der Waals surface area contributed by atoms with Gasteiger partial charge in [0.15, 0.2) is 0 Å². The average molecular weight is 420 g/mol. The monoisotopic (exact) mass is 419 g/mol. The molecule has 1 aliphatic heterocycles. The molecule has 7 heteroatoms. The Morgan fingerprint density at radius 1 is 1.11 bits per heavy atom. The van der Waals surface area contributed by atoms with Gasteiger partial charge in [-0.2, -0.15) is 17.9 Å². The van der Waals surface area contributed by atoms with E-state index in [0.717, 1.165) is 17.0 Å². The molecule has 0 spiro atoms. The molecule has 0 saturated heterocycles. The van der Waals surface area contributed by atoms with Crippen LogP contribution in [0.15, 0.2) is 58.5 Å². The van der Waals surface area contributed by atoms with Gasteiger partial charge in [0.05, 0.1) is 16.6 Å². The minimum absolute atomic E-state index is 0.193. The molecule has 0 fully saturated rings. The number of hydrogen-bond donors (Lipinski definition) is 0. The molecule has 0 saturated carbocycles. The van der Waals surface area contributed by atoms with Crippen LogP contribution in [0.3, 0.4) is 0 Å². The standard InChI is InChI=1S/C21H26ClN3O2S/c1-21(2,3)20-14-19(15-7-6-8-17(13-15)24(4)5)23-25(20)28(26,27)18-11-9-16(22)10-12-18/h6-13,20H,14H2,1-5H3/t20-/m1/s1. The highest BCUT2D eigenvalue weighted by atomic mass is 35.5. The lowest BCUT2D eigenvalue weighted by Gasteiger charge is -2.33. The summed E-state index contributed by atoms with van der Waals surface area (Å²) in [5.74, 6) is 0. The average Bonchev–Trinajstić information content (AvgIpc) is 3.09. The summed E-state index contributed by atoms with van der Waals surface area (Å²) in [6.07, 6.45) is 0.563. The normalized spacial score (nSPS) is 17.6. The minimum Gasteiger partial charge on any atom is -0.378 e. The summed E-state index contributed by atoms with van der Waals surface area (Å²) in [7, 11) is 0.176. The smallest absolute Gasteiger partial charge is 0.279 e. The summed E-state index contributed by atoms with van der Waals surface area (Å²) < 4.78 is 27.9. The molecule has 5 nitrogen and oxygen atoms in total. The summed E-state index contributed by atoms with van der Waals surface area (Å²) in [5, 5.41) is 5.09. The highest BCUT2D eigenvalue weighted by molar-refractivity contribution is 7.89. The van der Waals surface area contributed by atoms with Crippen molar-refractivity contribution in [2.24, 2.45) is 10.5 Å². The fraction of sp³-hybridized carbons (Fsp3) is 0.381. The van der Waals surface area contributed by atoms with Crippen LogP contribution in [-0.2, 0) is 10.0 Å². The summed E-state index contributed by atoms with van der Waals surface area (Å²) in [6, 6.07) is 13.9. The van der Waals surface area contributed by atoms with Gasteiger partial charge in [-0.05, 0) is 47.4 Å². The van der Waals surface area contributed by atoms with Gasteiger partial charge in [0.1, 0.15) is 0 Å². The Labute approximate surface area is 172 Å². The van der Waals surface area contributed by atoms with Crippen LogP contribution >= 0.6 is 11.6 Å². The number of halogens is 1. The summed E-state index contributed by atoms with van der Waals surface area (Å²) in [5.41, 5.74) is 2.49. The topological polar surface area (TPSA) is 53.0 Å². The highest BCUT2D eigenvalue weighted by Crippen LogP contribution is 2.37. The van der Waals surface area contributed by atoms with Crippen LogP contribution in [0.5, 0.6) is 0 Å². The first-order valence-electron chi connectivity index (χ1n) is 9.15. The molecule has 150 valence electrons. The van der Waals surface area contributed by atoms with E-state index in [4.69, 9.17) is 11.6 Å². The van der Waals surface area contributed by atoms with Crippen molar-refractivity contribution in [2.45, 2.75) is 38.1 Å². The maximum Gasteiger partial charge on any atom is 0.279 e. The van der Waals surface area contributed by atoms with E-state index in [2.05, 4.69) is 5.10 Å². The Morgan fingerprint density at radius 2 is 1.75 bits per heavy atom. The summed E-state index contributed by atoms with van der Waals surface area (Å²) in [6.45, 7) is 6.12. The van der Waals surface area contributed by atoms with E-state index in [1.54, 1.807) is 12.1 Å². The third-order valence-electron chi connectivity index (χ3n) is 4.93. The predicted octanol–water partition coefficient (Wildman–Crippen LogP) is 4.62. The molecule has 0 bridgehead atoms. The Bertz CT molecular complexity index is 993. The van der Waals surface area contributed by atoms with Gasteiger partial charge in [-0.15, -0.1) is 0 Å². The van der Waals surface area contributed by atoms with Crippen molar-refractivity contribution < 1.29 is 8.42 Å². The fourth-order valence-corrected chi connectivity index (χ4v) is 4.96. The summed E-state index contributed by atoms with van der Waals surface area (Å²) in [4.78, 5) is 2.21. The zero-order chi connectivity index (χ0) is 20.7. The molecule has 0 N–H and O–H groups in total. The molecule has 1 atom stereocenters. The number of anilines is 1. The quantitative estimate of drug-likeness (QED) is 0.726. The van der Waals surface area contributed by atoms with Crippen molar-refractivity contribution in [3.63, 3.8) is 0 Å². The second-order valence-electron chi connectivity index (χ2n) is 8.31. The molecule has 2 aromatic carbocycles. The first-order valence-corrected chi connectivity index (χ1v) is 11.0. The molecule has 0 unspecified atom stereocenters. The molecule has 3 rings (SSSR count). The molecular formula is C21H26ClN3O2S. The Morgan fingerprint density at radius 3 is 2.32 bits per heavy atom. The van der Waals surface area contributed by atoms with Crippen molar-refractivity contribution in [1.29, 1.82) is 0 Å². The third-order valence-corrected chi connectivity index (χ3v) is 6.87. The lowest BCUT2D eigenvalue weighted by Crippen LogP contribution is -2.41.